The second-order valence-electron chi connectivity index (χ2n) is 7.14. The van der Waals surface area contributed by atoms with Crippen LogP contribution in [-0.4, -0.2) is 58.2 Å². The van der Waals surface area contributed by atoms with Crippen LogP contribution in [0.5, 0.6) is 0 Å². The molecular formula is C21H20ClF3N2O6. The molecule has 33 heavy (non-hydrogen) atoms. The Morgan fingerprint density at radius 1 is 1.18 bits per heavy atom. The van der Waals surface area contributed by atoms with Gasteiger partial charge in [0.1, 0.15) is 5.82 Å². The van der Waals surface area contributed by atoms with E-state index in [0.717, 1.165) is 5.01 Å². The number of nitrogens with one attached hydrogen (secondary N) is 1. The number of halogens is 4. The third kappa shape index (κ3) is 8.37. The summed E-state index contributed by atoms with van der Waals surface area (Å²) in [6.07, 6.45) is -1.93. The van der Waals surface area contributed by atoms with Gasteiger partial charge in [-0.05, 0) is 29.3 Å². The highest BCUT2D eigenvalue weighted by atomic mass is 35.5. The molecule has 0 aromatic heterocycles. The third-order valence-electron chi connectivity index (χ3n) is 4.15. The number of rotatable bonds is 9. The summed E-state index contributed by atoms with van der Waals surface area (Å²) in [5.74, 6) is -8.48. The molecule has 0 bridgehead atoms. The van der Waals surface area contributed by atoms with E-state index in [2.05, 4.69) is 4.74 Å². The fraction of sp³-hybridized carbons (Fsp3) is 0.286. The first-order valence-corrected chi connectivity index (χ1v) is 9.79. The van der Waals surface area contributed by atoms with Gasteiger partial charge >= 0.3 is 17.8 Å². The molecule has 0 aliphatic carbocycles. The van der Waals surface area contributed by atoms with Gasteiger partial charge in [-0.25, -0.2) is 27.8 Å². The van der Waals surface area contributed by atoms with Gasteiger partial charge in [0.15, 0.2) is 12.7 Å². The summed E-state index contributed by atoms with van der Waals surface area (Å²) in [5, 5.41) is 19.8. The van der Waals surface area contributed by atoms with Crippen molar-refractivity contribution in [2.75, 3.05) is 13.2 Å². The van der Waals surface area contributed by atoms with Gasteiger partial charge in [0.05, 0.1) is 6.54 Å². The van der Waals surface area contributed by atoms with Gasteiger partial charge in [-0.15, -0.1) is 0 Å². The fourth-order valence-corrected chi connectivity index (χ4v) is 2.78. The number of hydrogen-bond acceptors (Lipinski definition) is 6. The number of carboxylic acid groups (broad SMARTS) is 1. The molecule has 0 aliphatic heterocycles. The van der Waals surface area contributed by atoms with Crippen molar-refractivity contribution in [3.05, 3.63) is 58.9 Å². The van der Waals surface area contributed by atoms with Gasteiger partial charge in [-0.3, -0.25) is 10.2 Å². The lowest BCUT2D eigenvalue weighted by atomic mass is 10.0. The third-order valence-corrected chi connectivity index (χ3v) is 4.38. The minimum Gasteiger partial charge on any atom is -0.479 e. The maximum Gasteiger partial charge on any atom is 0.398 e. The lowest BCUT2D eigenvalue weighted by Crippen LogP contribution is -2.49. The van der Waals surface area contributed by atoms with E-state index >= 15 is 0 Å². The number of nitrogens with zero attached hydrogens (tertiary/aromatic N) is 1. The molecular weight excluding hydrogens is 469 g/mol. The Balaban J connectivity index is 2.14. The Morgan fingerprint density at radius 2 is 1.82 bits per heavy atom. The van der Waals surface area contributed by atoms with E-state index in [1.54, 1.807) is 12.1 Å². The first-order chi connectivity index (χ1) is 15.4. The van der Waals surface area contributed by atoms with Crippen molar-refractivity contribution in [1.29, 1.82) is 0 Å². The quantitative estimate of drug-likeness (QED) is 0.282. The number of aliphatic carboxylic acids is 1. The predicted molar refractivity (Wildman–Crippen MR) is 111 cm³/mol. The fourth-order valence-electron chi connectivity index (χ4n) is 2.61. The van der Waals surface area contributed by atoms with E-state index in [1.165, 1.54) is 30.3 Å². The molecule has 0 fully saturated rings. The zero-order chi connectivity index (χ0) is 24.8. The van der Waals surface area contributed by atoms with Crippen molar-refractivity contribution in [3.63, 3.8) is 0 Å². The summed E-state index contributed by atoms with van der Waals surface area (Å²) < 4.78 is 43.9. The number of hydrazine groups is 1. The van der Waals surface area contributed by atoms with Crippen LogP contribution in [0.3, 0.4) is 0 Å². The van der Waals surface area contributed by atoms with Crippen molar-refractivity contribution in [2.24, 2.45) is 0 Å². The Hall–Kier alpha value is -3.15. The van der Waals surface area contributed by atoms with Crippen LogP contribution in [0.2, 0.25) is 5.02 Å². The first kappa shape index (κ1) is 26.1. The summed E-state index contributed by atoms with van der Waals surface area (Å²) >= 11 is 5.90. The highest BCUT2D eigenvalue weighted by molar-refractivity contribution is 6.32. The Bertz CT molecular complexity index is 1010. The van der Waals surface area contributed by atoms with Crippen molar-refractivity contribution < 1.29 is 42.5 Å². The zero-order valence-electron chi connectivity index (χ0n) is 17.2. The summed E-state index contributed by atoms with van der Waals surface area (Å²) in [6, 6.07) is 10.2. The van der Waals surface area contributed by atoms with E-state index in [1.807, 2.05) is 5.43 Å². The molecule has 8 nitrogen and oxygen atoms in total. The summed E-state index contributed by atoms with van der Waals surface area (Å²) in [7, 11) is 0. The number of benzene rings is 2. The number of esters is 1. The van der Waals surface area contributed by atoms with Crippen LogP contribution >= 0.6 is 11.6 Å². The monoisotopic (exact) mass is 488 g/mol. The smallest absolute Gasteiger partial charge is 0.398 e. The van der Waals surface area contributed by atoms with Crippen LogP contribution < -0.4 is 5.43 Å². The summed E-state index contributed by atoms with van der Waals surface area (Å²) in [6.45, 7) is -1.65. The maximum absolute atomic E-state index is 14.1. The molecule has 2 rings (SSSR count). The Labute approximate surface area is 191 Å². The average molecular weight is 489 g/mol. The molecule has 0 saturated carbocycles. The first-order valence-electron chi connectivity index (χ1n) is 9.41. The van der Waals surface area contributed by atoms with Crippen LogP contribution in [0.1, 0.15) is 12.5 Å². The van der Waals surface area contributed by atoms with E-state index < -0.39 is 48.8 Å². The molecule has 2 aromatic rings. The van der Waals surface area contributed by atoms with E-state index in [-0.39, 0.29) is 12.1 Å². The van der Waals surface area contributed by atoms with Crippen LogP contribution in [0, 0.1) is 5.82 Å². The van der Waals surface area contributed by atoms with Gasteiger partial charge in [0, 0.05) is 24.1 Å². The van der Waals surface area contributed by atoms with Crippen molar-refractivity contribution in [2.45, 2.75) is 25.5 Å². The molecule has 0 aliphatic rings. The molecule has 1 amide bonds. The number of hydrogen-bond donors (Lipinski definition) is 3. The highest BCUT2D eigenvalue weighted by Gasteiger charge is 2.28. The van der Waals surface area contributed by atoms with Crippen molar-refractivity contribution in [1.82, 2.24) is 10.4 Å². The van der Waals surface area contributed by atoms with Gasteiger partial charge in [-0.2, -0.15) is 0 Å². The summed E-state index contributed by atoms with van der Waals surface area (Å²) in [5.41, 5.74) is 3.24. The van der Waals surface area contributed by atoms with Crippen LogP contribution in [0.15, 0.2) is 42.5 Å². The van der Waals surface area contributed by atoms with Crippen LogP contribution in [0.25, 0.3) is 11.1 Å². The molecule has 2 aromatic carbocycles. The average Bonchev–Trinajstić information content (AvgIpc) is 2.73. The van der Waals surface area contributed by atoms with E-state index in [0.29, 0.717) is 23.1 Å². The van der Waals surface area contributed by atoms with E-state index in [9.17, 15) is 32.7 Å². The SMILES string of the molecule is CC(F)(F)COC(=O)C(=O)NN(Cc1ccc(-c2cc(Cl)ccc2F)cc1)C[C@@H](O)C(=O)O. The molecule has 1 atom stereocenters. The van der Waals surface area contributed by atoms with Crippen LogP contribution in [-0.2, 0) is 25.7 Å². The number of ether oxygens (including phenoxy) is 1. The molecule has 0 heterocycles. The lowest BCUT2D eigenvalue weighted by molar-refractivity contribution is -0.164. The van der Waals surface area contributed by atoms with Gasteiger partial charge in [0.25, 0.3) is 5.92 Å². The minimum atomic E-state index is -3.35. The summed E-state index contributed by atoms with van der Waals surface area (Å²) in [4.78, 5) is 34.6. The molecule has 3 N–H and O–H groups in total. The molecule has 12 heteroatoms. The number of carbonyl (C=O) groups is 3. The standard InChI is InChI=1S/C21H20ClF3N2O6/c1-21(24,25)11-33-20(32)18(29)26-27(10-17(28)19(30)31)9-12-2-4-13(5-3-12)15-8-14(22)6-7-16(15)23/h2-8,17,28H,9-11H2,1H3,(H,26,29)(H,30,31)/t17-/m1/s1. The number of carbonyl (C=O) groups excluding carboxylic acids is 2. The molecule has 0 unspecified atom stereocenters. The number of alkyl halides is 2. The van der Waals surface area contributed by atoms with Gasteiger partial charge in [0.2, 0.25) is 0 Å². The second-order valence-corrected chi connectivity index (χ2v) is 7.58. The maximum atomic E-state index is 14.1. The van der Waals surface area contributed by atoms with Gasteiger partial charge < -0.3 is 14.9 Å². The molecule has 0 spiro atoms. The predicted octanol–water partition coefficient (Wildman–Crippen LogP) is 2.62. The Morgan fingerprint density at radius 3 is 2.39 bits per heavy atom. The van der Waals surface area contributed by atoms with Crippen molar-refractivity contribution >= 4 is 29.4 Å². The zero-order valence-corrected chi connectivity index (χ0v) is 18.0. The lowest BCUT2D eigenvalue weighted by Gasteiger charge is -2.24. The number of aliphatic hydroxyl groups excluding tert-OH is 1. The number of amides is 1. The molecule has 0 saturated heterocycles. The normalized spacial score (nSPS) is 12.3. The topological polar surface area (TPSA) is 116 Å². The largest absolute Gasteiger partial charge is 0.479 e. The highest BCUT2D eigenvalue weighted by Crippen LogP contribution is 2.26. The second kappa shape index (κ2) is 11.1. The van der Waals surface area contributed by atoms with Crippen molar-refractivity contribution in [3.8, 4) is 11.1 Å². The minimum absolute atomic E-state index is 0.189. The van der Waals surface area contributed by atoms with Crippen LogP contribution in [0.4, 0.5) is 13.2 Å². The molecule has 178 valence electrons. The Kier molecular flexibility index (Phi) is 8.80. The van der Waals surface area contributed by atoms with E-state index in [4.69, 9.17) is 16.7 Å². The molecule has 0 radical (unpaired) electrons. The number of aliphatic hydroxyl groups is 1. The van der Waals surface area contributed by atoms with Gasteiger partial charge in [-0.1, -0.05) is 35.9 Å². The number of carboxylic acids is 1.